The van der Waals surface area contributed by atoms with E-state index >= 15 is 0 Å². The van der Waals surface area contributed by atoms with Crippen LogP contribution in [0.25, 0.3) is 0 Å². The quantitative estimate of drug-likeness (QED) is 0.592. The fourth-order valence-corrected chi connectivity index (χ4v) is 1.46. The van der Waals surface area contributed by atoms with Crippen LogP contribution in [0.2, 0.25) is 0 Å². The molecule has 0 amide bonds. The van der Waals surface area contributed by atoms with Crippen LogP contribution in [-0.2, 0) is 4.74 Å². The number of aryl methyl sites for hydroxylation is 1. The number of ether oxygens (including phenoxy) is 1. The first-order chi connectivity index (χ1) is 5.38. The number of hydrogen-bond donors (Lipinski definition) is 0. The average Bonchev–Trinajstić information content (AvgIpc) is 1.90. The maximum absolute atomic E-state index is 5.14. The van der Waals surface area contributed by atoms with Crippen LogP contribution >= 0.6 is 0 Å². The predicted octanol–water partition coefficient (Wildman–Crippen LogP) is 2.11. The molecule has 11 heavy (non-hydrogen) atoms. The van der Waals surface area contributed by atoms with Crippen LogP contribution in [0.15, 0.2) is 24.3 Å². The lowest BCUT2D eigenvalue weighted by Crippen LogP contribution is -2.25. The molecular weight excluding hydrogens is 136 g/mol. The molecule has 0 N–H and O–H groups in total. The molecule has 1 aliphatic rings. The fraction of sp³-hybridized carbons (Fsp3) is 0.400. The highest BCUT2D eigenvalue weighted by molar-refractivity contribution is 5.30. The molecule has 0 unspecified atom stereocenters. The van der Waals surface area contributed by atoms with Crippen molar-refractivity contribution in [2.75, 3.05) is 13.2 Å². The molecule has 0 atom stereocenters. The second-order valence-corrected chi connectivity index (χ2v) is 3.09. The number of rotatable bonds is 1. The van der Waals surface area contributed by atoms with Gasteiger partial charge in [0.2, 0.25) is 0 Å². The van der Waals surface area contributed by atoms with Crippen molar-refractivity contribution in [1.82, 2.24) is 0 Å². The van der Waals surface area contributed by atoms with E-state index in [9.17, 15) is 0 Å². The molecule has 0 bridgehead atoms. The van der Waals surface area contributed by atoms with Crippen molar-refractivity contribution in [2.24, 2.45) is 0 Å². The van der Waals surface area contributed by atoms with Gasteiger partial charge in [-0.3, -0.25) is 0 Å². The average molecular weight is 148 g/mol. The second kappa shape index (κ2) is 2.67. The molecule has 1 fully saturated rings. The van der Waals surface area contributed by atoms with Crippen molar-refractivity contribution >= 4 is 0 Å². The summed E-state index contributed by atoms with van der Waals surface area (Å²) in [4.78, 5) is 0. The zero-order valence-electron chi connectivity index (χ0n) is 6.71. The third-order valence-corrected chi connectivity index (χ3v) is 2.27. The van der Waals surface area contributed by atoms with Crippen LogP contribution < -0.4 is 0 Å². The summed E-state index contributed by atoms with van der Waals surface area (Å²) in [5.74, 6) is 0.663. The molecule has 0 aliphatic carbocycles. The normalized spacial score (nSPS) is 17.9. The Labute approximate surface area is 67.0 Å². The van der Waals surface area contributed by atoms with E-state index in [-0.39, 0.29) is 0 Å². The van der Waals surface area contributed by atoms with Crippen molar-refractivity contribution < 1.29 is 4.74 Å². The molecule has 0 saturated carbocycles. The highest BCUT2D eigenvalue weighted by Gasteiger charge is 2.21. The second-order valence-electron chi connectivity index (χ2n) is 3.09. The van der Waals surface area contributed by atoms with E-state index in [0.29, 0.717) is 5.92 Å². The van der Waals surface area contributed by atoms with E-state index in [1.54, 1.807) is 0 Å². The minimum Gasteiger partial charge on any atom is -0.380 e. The molecule has 0 spiro atoms. The van der Waals surface area contributed by atoms with Crippen LogP contribution in [-0.4, -0.2) is 13.2 Å². The van der Waals surface area contributed by atoms with Gasteiger partial charge in [-0.2, -0.15) is 0 Å². The van der Waals surface area contributed by atoms with Crippen LogP contribution in [0.1, 0.15) is 17.0 Å². The van der Waals surface area contributed by atoms with E-state index in [4.69, 9.17) is 4.74 Å². The topological polar surface area (TPSA) is 9.23 Å². The molecule has 1 aromatic rings. The fourth-order valence-electron chi connectivity index (χ4n) is 1.46. The van der Waals surface area contributed by atoms with E-state index in [0.717, 1.165) is 13.2 Å². The van der Waals surface area contributed by atoms with Gasteiger partial charge in [0, 0.05) is 5.92 Å². The lowest BCUT2D eigenvalue weighted by atomic mass is 9.94. The standard InChI is InChI=1S/C10H12O/c1-8-4-2-3-5-10(8)9-6-11-7-9/h2-5,9H,6-7H2,1H3. The van der Waals surface area contributed by atoms with Crippen molar-refractivity contribution in [2.45, 2.75) is 12.8 Å². The van der Waals surface area contributed by atoms with Crippen LogP contribution in [0.3, 0.4) is 0 Å². The minimum absolute atomic E-state index is 0.663. The summed E-state index contributed by atoms with van der Waals surface area (Å²) >= 11 is 0. The van der Waals surface area contributed by atoms with E-state index in [2.05, 4.69) is 31.2 Å². The monoisotopic (exact) mass is 148 g/mol. The van der Waals surface area contributed by atoms with Gasteiger partial charge < -0.3 is 4.74 Å². The highest BCUT2D eigenvalue weighted by atomic mass is 16.5. The predicted molar refractivity (Wildman–Crippen MR) is 44.7 cm³/mol. The first kappa shape index (κ1) is 6.86. The summed E-state index contributed by atoms with van der Waals surface area (Å²) in [5, 5.41) is 0. The summed E-state index contributed by atoms with van der Waals surface area (Å²) in [5.41, 5.74) is 2.85. The van der Waals surface area contributed by atoms with Crippen molar-refractivity contribution in [3.8, 4) is 0 Å². The Bertz CT molecular complexity index is 251. The molecule has 1 aromatic carbocycles. The summed E-state index contributed by atoms with van der Waals surface area (Å²) in [6.45, 7) is 3.98. The Morgan fingerprint density at radius 1 is 1.27 bits per heavy atom. The van der Waals surface area contributed by atoms with E-state index in [1.165, 1.54) is 11.1 Å². The van der Waals surface area contributed by atoms with Gasteiger partial charge in [0.15, 0.2) is 0 Å². The van der Waals surface area contributed by atoms with Crippen LogP contribution in [0.4, 0.5) is 0 Å². The molecule has 1 nitrogen and oxygen atoms in total. The first-order valence-electron chi connectivity index (χ1n) is 4.01. The molecule has 58 valence electrons. The maximum atomic E-state index is 5.14. The van der Waals surface area contributed by atoms with Crippen molar-refractivity contribution in [3.05, 3.63) is 35.4 Å². The largest absolute Gasteiger partial charge is 0.380 e. The van der Waals surface area contributed by atoms with Gasteiger partial charge in [-0.15, -0.1) is 0 Å². The van der Waals surface area contributed by atoms with Gasteiger partial charge in [0.1, 0.15) is 0 Å². The zero-order chi connectivity index (χ0) is 7.68. The number of hydrogen-bond acceptors (Lipinski definition) is 1. The molecule has 1 saturated heterocycles. The molecule has 1 heterocycles. The van der Waals surface area contributed by atoms with Crippen LogP contribution in [0.5, 0.6) is 0 Å². The SMILES string of the molecule is Cc1ccccc1C1COC1. The van der Waals surface area contributed by atoms with Gasteiger partial charge in [0.05, 0.1) is 13.2 Å². The van der Waals surface area contributed by atoms with E-state index in [1.807, 2.05) is 0 Å². The molecule has 0 aromatic heterocycles. The first-order valence-corrected chi connectivity index (χ1v) is 4.01. The summed E-state index contributed by atoms with van der Waals surface area (Å²) in [6, 6.07) is 8.54. The van der Waals surface area contributed by atoms with Gasteiger partial charge in [0.25, 0.3) is 0 Å². The molecule has 0 radical (unpaired) electrons. The van der Waals surface area contributed by atoms with Gasteiger partial charge in [-0.05, 0) is 18.1 Å². The molecular formula is C10H12O. The lowest BCUT2D eigenvalue weighted by Gasteiger charge is -2.27. The Hall–Kier alpha value is -0.820. The maximum Gasteiger partial charge on any atom is 0.0557 e. The van der Waals surface area contributed by atoms with Gasteiger partial charge in [-0.1, -0.05) is 24.3 Å². The van der Waals surface area contributed by atoms with E-state index < -0.39 is 0 Å². The Morgan fingerprint density at radius 2 is 2.00 bits per heavy atom. The van der Waals surface area contributed by atoms with Gasteiger partial charge >= 0.3 is 0 Å². The molecule has 1 aliphatic heterocycles. The Balaban J connectivity index is 2.28. The molecule has 2 rings (SSSR count). The Morgan fingerprint density at radius 3 is 2.55 bits per heavy atom. The zero-order valence-corrected chi connectivity index (χ0v) is 6.71. The van der Waals surface area contributed by atoms with Crippen LogP contribution in [0, 0.1) is 6.92 Å². The van der Waals surface area contributed by atoms with Crippen molar-refractivity contribution in [3.63, 3.8) is 0 Å². The third-order valence-electron chi connectivity index (χ3n) is 2.27. The van der Waals surface area contributed by atoms with Crippen molar-refractivity contribution in [1.29, 1.82) is 0 Å². The molecule has 1 heteroatoms. The third kappa shape index (κ3) is 1.16. The smallest absolute Gasteiger partial charge is 0.0557 e. The number of benzene rings is 1. The Kier molecular flexibility index (Phi) is 1.66. The van der Waals surface area contributed by atoms with Gasteiger partial charge in [-0.25, -0.2) is 0 Å². The highest BCUT2D eigenvalue weighted by Crippen LogP contribution is 2.25. The minimum atomic E-state index is 0.663. The lowest BCUT2D eigenvalue weighted by molar-refractivity contribution is 0.00817. The summed E-state index contributed by atoms with van der Waals surface area (Å²) in [6.07, 6.45) is 0. The summed E-state index contributed by atoms with van der Waals surface area (Å²) < 4.78 is 5.14. The summed E-state index contributed by atoms with van der Waals surface area (Å²) in [7, 11) is 0.